The summed E-state index contributed by atoms with van der Waals surface area (Å²) < 4.78 is 24.7. The first kappa shape index (κ1) is 23.5. The first-order valence-electron chi connectivity index (χ1n) is 10.9. The highest BCUT2D eigenvalue weighted by Gasteiger charge is 2.38. The van der Waals surface area contributed by atoms with Crippen LogP contribution < -0.4 is 10.1 Å². The Bertz CT molecular complexity index is 986. The van der Waals surface area contributed by atoms with E-state index in [4.69, 9.17) is 9.47 Å². The first-order valence-corrected chi connectivity index (χ1v) is 10.9. The molecule has 0 radical (unpaired) electrons. The SMILES string of the molecule is CCCOc1cccc(NC2=C(c3ccc(F)cc3)C(=O)N(CCCOC(C)C)C2=O)c1. The quantitative estimate of drug-likeness (QED) is 0.408. The molecule has 7 heteroatoms. The van der Waals surface area contributed by atoms with Gasteiger partial charge in [0.05, 0.1) is 18.3 Å². The molecule has 0 saturated heterocycles. The third-order valence-corrected chi connectivity index (χ3v) is 4.85. The number of ether oxygens (including phenoxy) is 2. The van der Waals surface area contributed by atoms with Crippen LogP contribution >= 0.6 is 0 Å². The highest BCUT2D eigenvalue weighted by Crippen LogP contribution is 2.31. The Hall–Kier alpha value is -3.19. The third kappa shape index (κ3) is 5.73. The Kier molecular flexibility index (Phi) is 8.00. The van der Waals surface area contributed by atoms with Crippen LogP contribution in [0.3, 0.4) is 0 Å². The average Bonchev–Trinajstić information content (AvgIpc) is 3.00. The van der Waals surface area contributed by atoms with Crippen LogP contribution in [-0.2, 0) is 14.3 Å². The molecule has 3 rings (SSSR count). The Morgan fingerprint density at radius 3 is 2.47 bits per heavy atom. The molecule has 0 unspecified atom stereocenters. The maximum Gasteiger partial charge on any atom is 0.278 e. The number of amides is 2. The number of carbonyl (C=O) groups is 2. The monoisotopic (exact) mass is 440 g/mol. The van der Waals surface area contributed by atoms with Crippen LogP contribution in [0.15, 0.2) is 54.2 Å². The molecule has 2 aromatic carbocycles. The fourth-order valence-electron chi connectivity index (χ4n) is 3.35. The summed E-state index contributed by atoms with van der Waals surface area (Å²) in [5.41, 5.74) is 1.49. The molecule has 0 spiro atoms. The number of benzene rings is 2. The molecule has 0 fully saturated rings. The lowest BCUT2D eigenvalue weighted by molar-refractivity contribution is -0.137. The van der Waals surface area contributed by atoms with Crippen LogP contribution in [-0.4, -0.2) is 42.6 Å². The maximum absolute atomic E-state index is 13.5. The number of rotatable bonds is 11. The molecule has 1 aliphatic rings. The lowest BCUT2D eigenvalue weighted by atomic mass is 10.0. The summed E-state index contributed by atoms with van der Waals surface area (Å²) in [5.74, 6) is -0.574. The van der Waals surface area contributed by atoms with E-state index in [-0.39, 0.29) is 23.9 Å². The van der Waals surface area contributed by atoms with Gasteiger partial charge in [0, 0.05) is 24.9 Å². The summed E-state index contributed by atoms with van der Waals surface area (Å²) in [7, 11) is 0. The van der Waals surface area contributed by atoms with Gasteiger partial charge >= 0.3 is 0 Å². The lowest BCUT2D eigenvalue weighted by Gasteiger charge is -2.16. The Balaban J connectivity index is 1.88. The lowest BCUT2D eigenvalue weighted by Crippen LogP contribution is -2.34. The van der Waals surface area contributed by atoms with Crippen molar-refractivity contribution >= 4 is 23.1 Å². The van der Waals surface area contributed by atoms with E-state index in [0.717, 1.165) is 6.42 Å². The Labute approximate surface area is 188 Å². The van der Waals surface area contributed by atoms with E-state index >= 15 is 0 Å². The zero-order valence-electron chi connectivity index (χ0n) is 18.7. The highest BCUT2D eigenvalue weighted by molar-refractivity contribution is 6.36. The topological polar surface area (TPSA) is 67.9 Å². The minimum Gasteiger partial charge on any atom is -0.494 e. The minimum atomic E-state index is -0.418. The molecule has 32 heavy (non-hydrogen) atoms. The van der Waals surface area contributed by atoms with Crippen molar-refractivity contribution in [1.29, 1.82) is 0 Å². The molecule has 0 bridgehead atoms. The first-order chi connectivity index (χ1) is 15.4. The van der Waals surface area contributed by atoms with Gasteiger partial charge in [0.1, 0.15) is 17.3 Å². The van der Waals surface area contributed by atoms with Crippen molar-refractivity contribution in [2.24, 2.45) is 0 Å². The number of carbonyl (C=O) groups excluding carboxylic acids is 2. The van der Waals surface area contributed by atoms with Crippen molar-refractivity contribution < 1.29 is 23.5 Å². The summed E-state index contributed by atoms with van der Waals surface area (Å²) in [6.45, 7) is 7.14. The number of anilines is 1. The van der Waals surface area contributed by atoms with E-state index < -0.39 is 17.6 Å². The zero-order chi connectivity index (χ0) is 23.1. The summed E-state index contributed by atoms with van der Waals surface area (Å²) in [5, 5.41) is 3.10. The van der Waals surface area contributed by atoms with Gasteiger partial charge in [0.15, 0.2) is 0 Å². The van der Waals surface area contributed by atoms with Gasteiger partial charge in [-0.25, -0.2) is 4.39 Å². The fourth-order valence-corrected chi connectivity index (χ4v) is 3.35. The molecular formula is C25H29FN2O4. The molecular weight excluding hydrogens is 411 g/mol. The summed E-state index contributed by atoms with van der Waals surface area (Å²) in [6, 6.07) is 12.8. The summed E-state index contributed by atoms with van der Waals surface area (Å²) in [4.78, 5) is 27.6. The highest BCUT2D eigenvalue weighted by atomic mass is 19.1. The van der Waals surface area contributed by atoms with Crippen LogP contribution in [0.4, 0.5) is 10.1 Å². The number of nitrogens with one attached hydrogen (secondary N) is 1. The molecule has 0 saturated carbocycles. The standard InChI is InChI=1S/C25H29FN2O4/c1-4-14-32-21-8-5-7-20(16-21)27-23-22(18-9-11-19(26)12-10-18)24(29)28(25(23)30)13-6-15-31-17(2)3/h5,7-12,16-17,27H,4,6,13-15H2,1-3H3. The third-order valence-electron chi connectivity index (χ3n) is 4.85. The van der Waals surface area contributed by atoms with Crippen molar-refractivity contribution in [3.8, 4) is 5.75 Å². The smallest absolute Gasteiger partial charge is 0.278 e. The van der Waals surface area contributed by atoms with Crippen LogP contribution in [0.5, 0.6) is 5.75 Å². The number of nitrogens with zero attached hydrogens (tertiary/aromatic N) is 1. The predicted octanol–water partition coefficient (Wildman–Crippen LogP) is 4.62. The molecule has 1 aliphatic heterocycles. The minimum absolute atomic E-state index is 0.0762. The van der Waals surface area contributed by atoms with E-state index in [2.05, 4.69) is 5.32 Å². The molecule has 0 aromatic heterocycles. The number of hydrogen-bond donors (Lipinski definition) is 1. The van der Waals surface area contributed by atoms with E-state index in [1.54, 1.807) is 12.1 Å². The Morgan fingerprint density at radius 2 is 1.78 bits per heavy atom. The van der Waals surface area contributed by atoms with Crippen molar-refractivity contribution in [1.82, 2.24) is 4.90 Å². The summed E-state index contributed by atoms with van der Waals surface area (Å²) >= 11 is 0. The van der Waals surface area contributed by atoms with Gasteiger partial charge in [-0.15, -0.1) is 0 Å². The second-order valence-corrected chi connectivity index (χ2v) is 7.79. The van der Waals surface area contributed by atoms with Gasteiger partial charge < -0.3 is 14.8 Å². The zero-order valence-corrected chi connectivity index (χ0v) is 18.7. The molecule has 1 N–H and O–H groups in total. The van der Waals surface area contributed by atoms with Gasteiger partial charge in [0.25, 0.3) is 11.8 Å². The average molecular weight is 441 g/mol. The van der Waals surface area contributed by atoms with E-state index in [0.29, 0.717) is 36.6 Å². The van der Waals surface area contributed by atoms with Gasteiger partial charge in [-0.1, -0.05) is 25.1 Å². The Morgan fingerprint density at radius 1 is 1.03 bits per heavy atom. The molecule has 2 aromatic rings. The van der Waals surface area contributed by atoms with Crippen molar-refractivity contribution in [2.75, 3.05) is 25.1 Å². The normalized spacial score (nSPS) is 14.0. The second-order valence-electron chi connectivity index (χ2n) is 7.79. The van der Waals surface area contributed by atoms with Gasteiger partial charge in [-0.3, -0.25) is 14.5 Å². The predicted molar refractivity (Wildman–Crippen MR) is 122 cm³/mol. The van der Waals surface area contributed by atoms with Gasteiger partial charge in [-0.2, -0.15) is 0 Å². The van der Waals surface area contributed by atoms with E-state index in [1.807, 2.05) is 32.9 Å². The largest absolute Gasteiger partial charge is 0.494 e. The van der Waals surface area contributed by atoms with Crippen molar-refractivity contribution in [3.05, 3.63) is 65.6 Å². The maximum atomic E-state index is 13.5. The van der Waals surface area contributed by atoms with Crippen LogP contribution in [0.1, 0.15) is 39.2 Å². The number of halogens is 1. The molecule has 0 atom stereocenters. The molecule has 0 aliphatic carbocycles. The van der Waals surface area contributed by atoms with Crippen molar-refractivity contribution in [3.63, 3.8) is 0 Å². The van der Waals surface area contributed by atoms with Crippen LogP contribution in [0.2, 0.25) is 0 Å². The van der Waals surface area contributed by atoms with Crippen LogP contribution in [0.25, 0.3) is 5.57 Å². The number of hydrogen-bond acceptors (Lipinski definition) is 5. The molecule has 1 heterocycles. The van der Waals surface area contributed by atoms with E-state index in [1.165, 1.54) is 29.2 Å². The number of imide groups is 1. The summed E-state index contributed by atoms with van der Waals surface area (Å²) in [6.07, 6.45) is 1.48. The molecule has 6 nitrogen and oxygen atoms in total. The van der Waals surface area contributed by atoms with Gasteiger partial charge in [-0.05, 0) is 56.5 Å². The van der Waals surface area contributed by atoms with Crippen molar-refractivity contribution in [2.45, 2.75) is 39.7 Å². The molecule has 170 valence electrons. The van der Waals surface area contributed by atoms with Crippen LogP contribution in [0, 0.1) is 5.82 Å². The fraction of sp³-hybridized carbons (Fsp3) is 0.360. The van der Waals surface area contributed by atoms with E-state index in [9.17, 15) is 14.0 Å². The molecule has 2 amide bonds. The second kappa shape index (κ2) is 10.9. The van der Waals surface area contributed by atoms with Gasteiger partial charge in [0.2, 0.25) is 0 Å².